The van der Waals surface area contributed by atoms with E-state index in [0.29, 0.717) is 12.7 Å². The molecule has 5 rings (SSSR count). The lowest BCUT2D eigenvalue weighted by atomic mass is 9.81. The number of ether oxygens (including phenoxy) is 2. The second-order valence-electron chi connectivity index (χ2n) is 6.97. The minimum atomic E-state index is 0.188. The van der Waals surface area contributed by atoms with Crippen LogP contribution >= 0.6 is 0 Å². The first kappa shape index (κ1) is 15.5. The summed E-state index contributed by atoms with van der Waals surface area (Å²) in [5.74, 6) is 2.14. The van der Waals surface area contributed by atoms with Gasteiger partial charge in [0.05, 0.1) is 6.04 Å². The molecule has 26 heavy (non-hydrogen) atoms. The molecule has 0 aliphatic carbocycles. The van der Waals surface area contributed by atoms with Gasteiger partial charge in [-0.25, -0.2) is 0 Å². The molecule has 0 saturated carbocycles. The van der Waals surface area contributed by atoms with Gasteiger partial charge >= 0.3 is 0 Å². The highest BCUT2D eigenvalue weighted by Crippen LogP contribution is 2.43. The maximum absolute atomic E-state index is 5.66. The van der Waals surface area contributed by atoms with Crippen LogP contribution in [0.4, 0.5) is 0 Å². The lowest BCUT2D eigenvalue weighted by molar-refractivity contribution is 0.174. The Labute approximate surface area is 153 Å². The normalized spacial score (nSPS) is 20.6. The molecule has 2 aliphatic heterocycles. The van der Waals surface area contributed by atoms with Gasteiger partial charge in [0, 0.05) is 12.5 Å². The molecule has 3 aromatic rings. The van der Waals surface area contributed by atoms with E-state index in [1.165, 1.54) is 22.3 Å². The van der Waals surface area contributed by atoms with Crippen molar-refractivity contribution in [3.05, 3.63) is 95.1 Å². The fourth-order valence-corrected chi connectivity index (χ4v) is 4.08. The molecular formula is C23H21NO2. The van der Waals surface area contributed by atoms with Crippen LogP contribution in [0.15, 0.2) is 72.8 Å². The number of nitrogens with one attached hydrogen (secondary N) is 1. The zero-order chi connectivity index (χ0) is 17.3. The summed E-state index contributed by atoms with van der Waals surface area (Å²) >= 11 is 0. The first-order valence-corrected chi connectivity index (χ1v) is 9.14. The number of hydrogen-bond acceptors (Lipinski definition) is 3. The predicted octanol–water partition coefficient (Wildman–Crippen LogP) is 4.43. The van der Waals surface area contributed by atoms with Crippen LogP contribution in [0.25, 0.3) is 0 Å². The van der Waals surface area contributed by atoms with Crippen LogP contribution in [-0.2, 0) is 6.42 Å². The Balaban J connectivity index is 1.57. The first-order valence-electron chi connectivity index (χ1n) is 9.14. The highest BCUT2D eigenvalue weighted by molar-refractivity contribution is 5.54. The zero-order valence-corrected chi connectivity index (χ0v) is 14.5. The fraction of sp³-hybridized carbons (Fsp3) is 0.217. The van der Waals surface area contributed by atoms with Gasteiger partial charge in [-0.15, -0.1) is 0 Å². The van der Waals surface area contributed by atoms with Crippen LogP contribution in [0.5, 0.6) is 11.5 Å². The first-order chi connectivity index (χ1) is 12.9. The molecule has 3 aromatic carbocycles. The second-order valence-corrected chi connectivity index (χ2v) is 6.97. The minimum absolute atomic E-state index is 0.188. The van der Waals surface area contributed by atoms with Crippen molar-refractivity contribution in [1.82, 2.24) is 5.32 Å². The van der Waals surface area contributed by atoms with E-state index in [1.807, 2.05) is 0 Å². The van der Waals surface area contributed by atoms with E-state index >= 15 is 0 Å². The molecule has 0 saturated heterocycles. The lowest BCUT2D eigenvalue weighted by Gasteiger charge is -2.33. The molecule has 0 spiro atoms. The number of hydrogen-bond donors (Lipinski definition) is 1. The maximum atomic E-state index is 5.66. The SMILES string of the molecule is c1ccc(C[C@H]2CN[C@@H](c3ccccc3)c3cc4c(cc32)OCO4)cc1. The largest absolute Gasteiger partial charge is 0.454 e. The molecule has 0 radical (unpaired) electrons. The highest BCUT2D eigenvalue weighted by Gasteiger charge is 2.31. The van der Waals surface area contributed by atoms with Gasteiger partial charge in [0.25, 0.3) is 0 Å². The summed E-state index contributed by atoms with van der Waals surface area (Å²) in [7, 11) is 0. The molecule has 0 bridgehead atoms. The Morgan fingerprint density at radius 2 is 1.46 bits per heavy atom. The average molecular weight is 343 g/mol. The Bertz CT molecular complexity index is 908. The van der Waals surface area contributed by atoms with E-state index in [4.69, 9.17) is 9.47 Å². The third-order valence-electron chi connectivity index (χ3n) is 5.36. The van der Waals surface area contributed by atoms with Crippen LogP contribution in [0.2, 0.25) is 0 Å². The summed E-state index contributed by atoms with van der Waals surface area (Å²) in [4.78, 5) is 0. The smallest absolute Gasteiger partial charge is 0.231 e. The van der Waals surface area contributed by atoms with Crippen molar-refractivity contribution in [3.8, 4) is 11.5 Å². The van der Waals surface area contributed by atoms with E-state index in [1.54, 1.807) is 0 Å². The van der Waals surface area contributed by atoms with Crippen LogP contribution in [0.1, 0.15) is 34.2 Å². The Hall–Kier alpha value is -2.78. The van der Waals surface area contributed by atoms with Gasteiger partial charge in [0.2, 0.25) is 6.79 Å². The van der Waals surface area contributed by atoms with Crippen molar-refractivity contribution >= 4 is 0 Å². The Morgan fingerprint density at radius 1 is 0.808 bits per heavy atom. The summed E-state index contributed by atoms with van der Waals surface area (Å²) in [6.45, 7) is 1.26. The van der Waals surface area contributed by atoms with Crippen molar-refractivity contribution in [3.63, 3.8) is 0 Å². The van der Waals surface area contributed by atoms with Crippen molar-refractivity contribution in [2.75, 3.05) is 13.3 Å². The van der Waals surface area contributed by atoms with E-state index in [0.717, 1.165) is 24.5 Å². The molecule has 0 unspecified atom stereocenters. The van der Waals surface area contributed by atoms with Crippen molar-refractivity contribution in [2.24, 2.45) is 0 Å². The van der Waals surface area contributed by atoms with Gasteiger partial charge in [0.1, 0.15) is 0 Å². The van der Waals surface area contributed by atoms with E-state index < -0.39 is 0 Å². The van der Waals surface area contributed by atoms with E-state index in [9.17, 15) is 0 Å². The molecule has 130 valence electrons. The summed E-state index contributed by atoms with van der Waals surface area (Å²) in [5.41, 5.74) is 5.31. The number of benzene rings is 3. The number of fused-ring (bicyclic) bond motifs is 2. The fourth-order valence-electron chi connectivity index (χ4n) is 4.08. The summed E-state index contributed by atoms with van der Waals surface area (Å²) < 4.78 is 11.3. The molecule has 2 heterocycles. The van der Waals surface area contributed by atoms with Crippen molar-refractivity contribution < 1.29 is 9.47 Å². The highest BCUT2D eigenvalue weighted by atomic mass is 16.7. The quantitative estimate of drug-likeness (QED) is 0.763. The van der Waals surface area contributed by atoms with Crippen LogP contribution in [0.3, 0.4) is 0 Å². The Morgan fingerprint density at radius 3 is 2.19 bits per heavy atom. The molecule has 3 nitrogen and oxygen atoms in total. The second kappa shape index (κ2) is 6.50. The van der Waals surface area contributed by atoms with Gasteiger partial charge in [0.15, 0.2) is 11.5 Å². The molecule has 0 fully saturated rings. The summed E-state index contributed by atoms with van der Waals surface area (Å²) in [6, 6.07) is 25.9. The summed E-state index contributed by atoms with van der Waals surface area (Å²) in [6.07, 6.45) is 1.02. The van der Waals surface area contributed by atoms with Gasteiger partial charge in [-0.3, -0.25) is 0 Å². The maximum Gasteiger partial charge on any atom is 0.231 e. The molecule has 2 atom stereocenters. The topological polar surface area (TPSA) is 30.5 Å². The van der Waals surface area contributed by atoms with Gasteiger partial charge < -0.3 is 14.8 Å². The standard InChI is InChI=1S/C23H21NO2/c1-3-7-16(8-4-1)11-18-14-24-23(17-9-5-2-6-10-17)20-13-22-21(12-19(18)20)25-15-26-22/h1-10,12-13,18,23-24H,11,14-15H2/t18-,23-/m0/s1. The molecule has 0 amide bonds. The third-order valence-corrected chi connectivity index (χ3v) is 5.36. The van der Waals surface area contributed by atoms with E-state index in [-0.39, 0.29) is 6.04 Å². The van der Waals surface area contributed by atoms with Crippen molar-refractivity contribution in [1.29, 1.82) is 0 Å². The lowest BCUT2D eigenvalue weighted by Crippen LogP contribution is -2.34. The average Bonchev–Trinajstić information content (AvgIpc) is 3.16. The van der Waals surface area contributed by atoms with Crippen molar-refractivity contribution in [2.45, 2.75) is 18.4 Å². The van der Waals surface area contributed by atoms with Crippen LogP contribution in [0, 0.1) is 0 Å². The van der Waals surface area contributed by atoms with Crippen LogP contribution < -0.4 is 14.8 Å². The molecule has 2 aliphatic rings. The van der Waals surface area contributed by atoms with Gasteiger partial charge in [-0.2, -0.15) is 0 Å². The molecule has 1 N–H and O–H groups in total. The zero-order valence-electron chi connectivity index (χ0n) is 14.5. The molecule has 0 aromatic heterocycles. The third kappa shape index (κ3) is 2.74. The molecule has 3 heteroatoms. The van der Waals surface area contributed by atoms with Crippen LogP contribution in [-0.4, -0.2) is 13.3 Å². The van der Waals surface area contributed by atoms with Gasteiger partial charge in [-0.05, 0) is 40.8 Å². The van der Waals surface area contributed by atoms with Gasteiger partial charge in [-0.1, -0.05) is 60.7 Å². The predicted molar refractivity (Wildman–Crippen MR) is 102 cm³/mol. The van der Waals surface area contributed by atoms with E-state index in [2.05, 4.69) is 78.1 Å². The minimum Gasteiger partial charge on any atom is -0.454 e. The summed E-state index contributed by atoms with van der Waals surface area (Å²) in [5, 5.41) is 3.76. The Kier molecular flexibility index (Phi) is 3.87. The number of rotatable bonds is 3. The molecular weight excluding hydrogens is 322 g/mol. The monoisotopic (exact) mass is 343 g/mol.